The molecule has 3 aliphatic heterocycles. The smallest absolute Gasteiger partial charge is 0.254 e. The molecular weight excluding hydrogens is 445 g/mol. The number of amides is 1. The Morgan fingerprint density at radius 1 is 1.26 bits per heavy atom. The number of likely N-dealkylation sites (tertiary alicyclic amines) is 2. The van der Waals surface area contributed by atoms with E-state index in [1.165, 1.54) is 11.1 Å². The molecule has 2 aliphatic carbocycles. The van der Waals surface area contributed by atoms with Crippen LogP contribution in [0.5, 0.6) is 5.75 Å². The van der Waals surface area contributed by atoms with Crippen molar-refractivity contribution in [2.75, 3.05) is 19.6 Å². The highest BCUT2D eigenvalue weighted by Gasteiger charge is 2.78. The summed E-state index contributed by atoms with van der Waals surface area (Å²) in [5.41, 5.74) is 4.52. The third-order valence-electron chi connectivity index (χ3n) is 9.83. The summed E-state index contributed by atoms with van der Waals surface area (Å²) in [6.45, 7) is 3.98. The van der Waals surface area contributed by atoms with Crippen molar-refractivity contribution in [2.24, 2.45) is 5.92 Å². The van der Waals surface area contributed by atoms with E-state index in [2.05, 4.69) is 15.9 Å². The van der Waals surface area contributed by atoms with Gasteiger partial charge in [-0.1, -0.05) is 24.3 Å². The van der Waals surface area contributed by atoms with Gasteiger partial charge in [-0.15, -0.1) is 4.48 Å². The average molecular weight is 478 g/mol. The number of rotatable bonds is 4. The molecule has 184 valence electrons. The third-order valence-corrected chi connectivity index (χ3v) is 9.83. The molecule has 2 aromatic rings. The SMILES string of the molecule is C[C@@H](CN1CCC23c4cc(O)ccc4CC1C21CCC2C3[C@@H](CN2C(=O)c2ccccc2)O1)NF. The minimum Gasteiger partial charge on any atom is -0.508 e. The lowest BCUT2D eigenvalue weighted by atomic mass is 9.46. The van der Waals surface area contributed by atoms with Crippen LogP contribution in [0.15, 0.2) is 48.5 Å². The number of halogens is 1. The molecule has 1 saturated carbocycles. The van der Waals surface area contributed by atoms with Gasteiger partial charge in [0.1, 0.15) is 5.75 Å². The van der Waals surface area contributed by atoms with Crippen molar-refractivity contribution in [2.45, 2.75) is 67.9 Å². The van der Waals surface area contributed by atoms with E-state index < -0.39 is 0 Å². The molecular formula is C28H32FN3O3. The molecule has 5 unspecified atom stereocenters. The first kappa shape index (κ1) is 21.8. The number of ether oxygens (including phenoxy) is 1. The molecule has 5 aliphatic rings. The topological polar surface area (TPSA) is 65.0 Å². The summed E-state index contributed by atoms with van der Waals surface area (Å²) < 4.78 is 20.4. The molecule has 3 saturated heterocycles. The van der Waals surface area contributed by atoms with E-state index in [9.17, 15) is 14.4 Å². The number of benzene rings is 2. The van der Waals surface area contributed by atoms with Crippen LogP contribution in [0.4, 0.5) is 4.48 Å². The summed E-state index contributed by atoms with van der Waals surface area (Å²) >= 11 is 0. The van der Waals surface area contributed by atoms with E-state index >= 15 is 0 Å². The molecule has 2 N–H and O–H groups in total. The number of piperidine rings is 1. The second kappa shape index (κ2) is 7.51. The Bertz CT molecular complexity index is 1180. The Morgan fingerprint density at radius 2 is 2.09 bits per heavy atom. The van der Waals surface area contributed by atoms with Crippen LogP contribution in [-0.2, 0) is 16.6 Å². The fraction of sp³-hybridized carbons (Fsp3) is 0.536. The molecule has 7 heteroatoms. The first-order chi connectivity index (χ1) is 17.0. The monoisotopic (exact) mass is 477 g/mol. The molecule has 7 atom stereocenters. The number of nitrogens with zero attached hydrogens (tertiary/aromatic N) is 2. The highest BCUT2D eigenvalue weighted by Crippen LogP contribution is 2.69. The van der Waals surface area contributed by atoms with Gasteiger partial charge in [0.25, 0.3) is 5.91 Å². The number of carbonyl (C=O) groups is 1. The molecule has 6 nitrogen and oxygen atoms in total. The molecule has 2 aromatic carbocycles. The van der Waals surface area contributed by atoms with Gasteiger partial charge in [-0.3, -0.25) is 9.69 Å². The van der Waals surface area contributed by atoms with Crippen molar-refractivity contribution in [3.05, 3.63) is 65.2 Å². The molecule has 7 rings (SSSR count). The maximum atomic E-state index is 13.6. The number of hydrogen-bond donors (Lipinski definition) is 2. The van der Waals surface area contributed by atoms with Crippen LogP contribution in [0, 0.1) is 5.92 Å². The van der Waals surface area contributed by atoms with Gasteiger partial charge in [0.05, 0.1) is 11.7 Å². The summed E-state index contributed by atoms with van der Waals surface area (Å²) in [7, 11) is 0. The van der Waals surface area contributed by atoms with Crippen LogP contribution in [-0.4, -0.2) is 70.3 Å². The Hall–Kier alpha value is -2.48. The summed E-state index contributed by atoms with van der Waals surface area (Å²) in [5, 5.41) is 10.5. The van der Waals surface area contributed by atoms with Gasteiger partial charge in [0.2, 0.25) is 0 Å². The minimum atomic E-state index is -0.365. The van der Waals surface area contributed by atoms with Gasteiger partial charge in [0.15, 0.2) is 0 Å². The lowest BCUT2D eigenvalue weighted by Crippen LogP contribution is -2.74. The van der Waals surface area contributed by atoms with E-state index in [1.807, 2.05) is 48.9 Å². The van der Waals surface area contributed by atoms with Crippen molar-refractivity contribution in [3.63, 3.8) is 0 Å². The summed E-state index contributed by atoms with van der Waals surface area (Å²) in [6.07, 6.45) is 3.49. The molecule has 4 fully saturated rings. The van der Waals surface area contributed by atoms with Crippen LogP contribution in [0.3, 0.4) is 0 Å². The van der Waals surface area contributed by atoms with Gasteiger partial charge in [0, 0.05) is 48.1 Å². The van der Waals surface area contributed by atoms with Gasteiger partial charge in [-0.05, 0) is 74.5 Å². The van der Waals surface area contributed by atoms with Crippen LogP contribution < -0.4 is 5.54 Å². The Morgan fingerprint density at radius 3 is 2.89 bits per heavy atom. The quantitative estimate of drug-likeness (QED) is 0.663. The average Bonchev–Trinajstić information content (AvgIpc) is 3.32. The zero-order valence-electron chi connectivity index (χ0n) is 20.0. The first-order valence-corrected chi connectivity index (χ1v) is 12.9. The molecule has 0 radical (unpaired) electrons. The predicted molar refractivity (Wildman–Crippen MR) is 129 cm³/mol. The second-order valence-corrected chi connectivity index (χ2v) is 11.3. The van der Waals surface area contributed by atoms with Crippen molar-refractivity contribution < 1.29 is 19.1 Å². The molecule has 35 heavy (non-hydrogen) atoms. The minimum absolute atomic E-state index is 0.0253. The number of fused-ring (bicyclic) bond motifs is 1. The van der Waals surface area contributed by atoms with Gasteiger partial charge in [-0.25, -0.2) is 0 Å². The molecule has 4 bridgehead atoms. The maximum Gasteiger partial charge on any atom is 0.254 e. The van der Waals surface area contributed by atoms with E-state index in [4.69, 9.17) is 4.74 Å². The number of aromatic hydroxyl groups is 1. The van der Waals surface area contributed by atoms with E-state index in [0.717, 1.165) is 37.8 Å². The largest absolute Gasteiger partial charge is 0.508 e. The first-order valence-electron chi connectivity index (χ1n) is 12.9. The van der Waals surface area contributed by atoms with Crippen LogP contribution in [0.2, 0.25) is 0 Å². The molecule has 1 amide bonds. The number of phenols is 1. The van der Waals surface area contributed by atoms with Crippen LogP contribution in [0.1, 0.15) is 47.7 Å². The number of hydrogen-bond acceptors (Lipinski definition) is 5. The lowest BCUT2D eigenvalue weighted by molar-refractivity contribution is -0.171. The van der Waals surface area contributed by atoms with Gasteiger partial charge in [-0.2, -0.15) is 5.54 Å². The lowest BCUT2D eigenvalue weighted by Gasteiger charge is -2.65. The maximum absolute atomic E-state index is 13.6. The molecule has 0 spiro atoms. The standard InChI is InChI=1S/C28H32FN3O3/c1-17(30-29)15-31-12-11-27-21-14-20(33)8-7-19(21)13-24(31)28(27)10-9-22-25(27)23(35-28)16-32(22)26(34)18-5-3-2-4-6-18/h2-8,14,17,22-25,30,33H,9-13,15-16H2,1H3/t17-,22?,23+,24?,25?,27?,28?/m0/s1. The third kappa shape index (κ3) is 2.72. The van der Waals surface area contributed by atoms with Crippen LogP contribution in [0.25, 0.3) is 0 Å². The summed E-state index contributed by atoms with van der Waals surface area (Å²) in [4.78, 5) is 18.1. The second-order valence-electron chi connectivity index (χ2n) is 11.3. The van der Waals surface area contributed by atoms with E-state index in [0.29, 0.717) is 18.8 Å². The van der Waals surface area contributed by atoms with E-state index in [-0.39, 0.29) is 47.1 Å². The van der Waals surface area contributed by atoms with Crippen LogP contribution >= 0.6 is 0 Å². The molecule has 3 heterocycles. The predicted octanol–water partition coefficient (Wildman–Crippen LogP) is 3.20. The van der Waals surface area contributed by atoms with E-state index in [1.54, 1.807) is 6.07 Å². The normalized spacial score (nSPS) is 37.6. The number of nitrogens with one attached hydrogen (secondary N) is 1. The summed E-state index contributed by atoms with van der Waals surface area (Å²) in [6, 6.07) is 15.4. The van der Waals surface area contributed by atoms with Crippen molar-refractivity contribution in [1.29, 1.82) is 0 Å². The Labute approximate surface area is 205 Å². The van der Waals surface area contributed by atoms with Gasteiger partial charge < -0.3 is 14.7 Å². The zero-order valence-corrected chi connectivity index (χ0v) is 20.0. The Balaban J connectivity index is 1.34. The zero-order chi connectivity index (χ0) is 23.9. The highest BCUT2D eigenvalue weighted by molar-refractivity contribution is 5.94. The fourth-order valence-corrected chi connectivity index (χ4v) is 8.76. The summed E-state index contributed by atoms with van der Waals surface area (Å²) in [5.74, 6) is 0.575. The molecule has 0 aromatic heterocycles. The van der Waals surface area contributed by atoms with Crippen molar-refractivity contribution in [1.82, 2.24) is 15.3 Å². The number of phenolic OH excluding ortho intramolecular Hbond substituents is 1. The van der Waals surface area contributed by atoms with Gasteiger partial charge >= 0.3 is 0 Å². The Kier molecular flexibility index (Phi) is 4.67. The van der Waals surface area contributed by atoms with Crippen molar-refractivity contribution >= 4 is 5.91 Å². The number of carbonyl (C=O) groups excluding carboxylic acids is 1. The highest BCUT2D eigenvalue weighted by atomic mass is 19.2. The fourth-order valence-electron chi connectivity index (χ4n) is 8.76. The van der Waals surface area contributed by atoms with Crippen molar-refractivity contribution in [3.8, 4) is 5.75 Å².